The van der Waals surface area contributed by atoms with Crippen LogP contribution in [0.15, 0.2) is 18.2 Å². The first-order chi connectivity index (χ1) is 9.63. The summed E-state index contributed by atoms with van der Waals surface area (Å²) in [6.07, 6.45) is 2.39. The summed E-state index contributed by atoms with van der Waals surface area (Å²) < 4.78 is 10.6. The Kier molecular flexibility index (Phi) is 5.06. The quantitative estimate of drug-likeness (QED) is 0.866. The first-order valence-electron chi connectivity index (χ1n) is 6.92. The lowest BCUT2D eigenvalue weighted by molar-refractivity contribution is 0.283. The van der Waals surface area contributed by atoms with Gasteiger partial charge in [-0.05, 0) is 43.1 Å². The van der Waals surface area contributed by atoms with Crippen LogP contribution in [0.2, 0.25) is 0 Å². The van der Waals surface area contributed by atoms with Crippen LogP contribution in [-0.4, -0.2) is 37.3 Å². The van der Waals surface area contributed by atoms with Gasteiger partial charge in [-0.15, -0.1) is 0 Å². The number of anilines is 1. The Bertz CT molecular complexity index is 471. The molecule has 0 radical (unpaired) electrons. The van der Waals surface area contributed by atoms with Crippen molar-refractivity contribution in [3.05, 3.63) is 18.2 Å². The van der Waals surface area contributed by atoms with Gasteiger partial charge in [-0.3, -0.25) is 0 Å². The van der Waals surface area contributed by atoms with Crippen molar-refractivity contribution in [3.8, 4) is 11.5 Å². The highest BCUT2D eigenvalue weighted by atomic mass is 32.1. The molecule has 0 aromatic heterocycles. The zero-order valence-corrected chi connectivity index (χ0v) is 13.1. The van der Waals surface area contributed by atoms with E-state index in [1.807, 2.05) is 18.2 Å². The third-order valence-corrected chi connectivity index (χ3v) is 4.08. The van der Waals surface area contributed by atoms with Crippen LogP contribution < -0.4 is 14.8 Å². The molecule has 0 amide bonds. The van der Waals surface area contributed by atoms with E-state index in [4.69, 9.17) is 21.7 Å². The maximum atomic E-state index is 5.49. The summed E-state index contributed by atoms with van der Waals surface area (Å²) in [5.74, 6) is 2.30. The molecule has 0 aliphatic carbocycles. The van der Waals surface area contributed by atoms with Crippen molar-refractivity contribution in [2.75, 3.05) is 32.6 Å². The van der Waals surface area contributed by atoms with Crippen molar-refractivity contribution in [3.63, 3.8) is 0 Å². The third kappa shape index (κ3) is 3.54. The smallest absolute Gasteiger partial charge is 0.173 e. The van der Waals surface area contributed by atoms with Crippen LogP contribution in [-0.2, 0) is 0 Å². The summed E-state index contributed by atoms with van der Waals surface area (Å²) in [6.45, 7) is 4.33. The van der Waals surface area contributed by atoms with E-state index in [2.05, 4.69) is 17.1 Å². The predicted octanol–water partition coefficient (Wildman–Crippen LogP) is 3.13. The fourth-order valence-electron chi connectivity index (χ4n) is 2.31. The Morgan fingerprint density at radius 1 is 1.25 bits per heavy atom. The number of nitrogens with zero attached hydrogens (tertiary/aromatic N) is 1. The molecule has 20 heavy (non-hydrogen) atoms. The van der Waals surface area contributed by atoms with E-state index in [-0.39, 0.29) is 0 Å². The summed E-state index contributed by atoms with van der Waals surface area (Å²) in [5, 5.41) is 4.04. The highest BCUT2D eigenvalue weighted by molar-refractivity contribution is 7.80. The minimum absolute atomic E-state index is 0.733. The van der Waals surface area contributed by atoms with Crippen molar-refractivity contribution in [1.29, 1.82) is 0 Å². The molecular weight excluding hydrogens is 272 g/mol. The molecule has 0 atom stereocenters. The number of benzene rings is 1. The van der Waals surface area contributed by atoms with Gasteiger partial charge in [0.2, 0.25) is 0 Å². The number of rotatable bonds is 3. The Labute approximate surface area is 126 Å². The zero-order valence-electron chi connectivity index (χ0n) is 12.3. The van der Waals surface area contributed by atoms with Gasteiger partial charge in [0.15, 0.2) is 5.11 Å². The molecule has 110 valence electrons. The van der Waals surface area contributed by atoms with Crippen LogP contribution in [0.25, 0.3) is 0 Å². The lowest BCUT2D eigenvalue weighted by Crippen LogP contribution is -2.40. The molecule has 4 nitrogen and oxygen atoms in total. The van der Waals surface area contributed by atoms with E-state index in [9.17, 15) is 0 Å². The molecule has 1 fully saturated rings. The summed E-state index contributed by atoms with van der Waals surface area (Å²) in [6, 6.07) is 5.67. The molecule has 1 aliphatic heterocycles. The Balaban J connectivity index is 2.03. The Morgan fingerprint density at radius 2 is 1.95 bits per heavy atom. The lowest BCUT2D eigenvalue weighted by atomic mass is 10.00. The van der Waals surface area contributed by atoms with Gasteiger partial charge >= 0.3 is 0 Å². The average Bonchev–Trinajstić information content (AvgIpc) is 2.48. The van der Waals surface area contributed by atoms with Crippen LogP contribution >= 0.6 is 12.2 Å². The normalized spacial score (nSPS) is 15.8. The van der Waals surface area contributed by atoms with Gasteiger partial charge in [0.05, 0.1) is 19.9 Å². The van der Waals surface area contributed by atoms with Crippen molar-refractivity contribution in [2.45, 2.75) is 19.8 Å². The minimum atomic E-state index is 0.733. The number of piperidine rings is 1. The molecule has 0 unspecified atom stereocenters. The maximum absolute atomic E-state index is 5.49. The number of hydrogen-bond acceptors (Lipinski definition) is 3. The van der Waals surface area contributed by atoms with Crippen molar-refractivity contribution in [2.24, 2.45) is 5.92 Å². The minimum Gasteiger partial charge on any atom is -0.497 e. The molecule has 2 rings (SSSR count). The molecular formula is C15H22N2O2S. The summed E-state index contributed by atoms with van der Waals surface area (Å²) in [4.78, 5) is 2.22. The molecule has 1 saturated heterocycles. The van der Waals surface area contributed by atoms with E-state index in [1.165, 1.54) is 12.8 Å². The molecule has 1 heterocycles. The van der Waals surface area contributed by atoms with Gasteiger partial charge in [-0.25, -0.2) is 0 Å². The highest BCUT2D eigenvalue weighted by Gasteiger charge is 2.18. The summed E-state index contributed by atoms with van der Waals surface area (Å²) in [5.41, 5.74) is 0.872. The number of hydrogen-bond donors (Lipinski definition) is 1. The number of likely N-dealkylation sites (tertiary alicyclic amines) is 1. The van der Waals surface area contributed by atoms with E-state index < -0.39 is 0 Å². The SMILES string of the molecule is COc1ccc(NC(=S)N2CCC(C)CC2)c(OC)c1. The Morgan fingerprint density at radius 3 is 2.55 bits per heavy atom. The highest BCUT2D eigenvalue weighted by Crippen LogP contribution is 2.29. The first-order valence-corrected chi connectivity index (χ1v) is 7.33. The molecule has 1 N–H and O–H groups in total. The molecule has 5 heteroatoms. The topological polar surface area (TPSA) is 33.7 Å². The van der Waals surface area contributed by atoms with Gasteiger partial charge in [0, 0.05) is 19.2 Å². The van der Waals surface area contributed by atoms with Gasteiger partial charge in [-0.1, -0.05) is 6.92 Å². The molecule has 0 saturated carbocycles. The molecule has 0 bridgehead atoms. The lowest BCUT2D eigenvalue weighted by Gasteiger charge is -2.32. The van der Waals surface area contributed by atoms with E-state index in [1.54, 1.807) is 14.2 Å². The fraction of sp³-hybridized carbons (Fsp3) is 0.533. The monoisotopic (exact) mass is 294 g/mol. The van der Waals surface area contributed by atoms with Gasteiger partial charge in [0.1, 0.15) is 11.5 Å². The zero-order chi connectivity index (χ0) is 14.5. The maximum Gasteiger partial charge on any atom is 0.173 e. The summed E-state index contributed by atoms with van der Waals surface area (Å²) >= 11 is 5.49. The average molecular weight is 294 g/mol. The third-order valence-electron chi connectivity index (χ3n) is 3.72. The number of methoxy groups -OCH3 is 2. The first kappa shape index (κ1) is 14.9. The fourth-order valence-corrected chi connectivity index (χ4v) is 2.60. The largest absolute Gasteiger partial charge is 0.497 e. The van der Waals surface area contributed by atoms with Crippen LogP contribution in [0, 0.1) is 5.92 Å². The van der Waals surface area contributed by atoms with Crippen LogP contribution in [0.4, 0.5) is 5.69 Å². The van der Waals surface area contributed by atoms with Crippen molar-refractivity contribution >= 4 is 23.0 Å². The Hall–Kier alpha value is -1.49. The van der Waals surface area contributed by atoms with Crippen molar-refractivity contribution in [1.82, 2.24) is 4.90 Å². The molecule has 1 aromatic carbocycles. The summed E-state index contributed by atoms with van der Waals surface area (Å²) in [7, 11) is 3.28. The van der Waals surface area contributed by atoms with Gasteiger partial charge in [-0.2, -0.15) is 0 Å². The predicted molar refractivity (Wildman–Crippen MR) is 85.7 cm³/mol. The van der Waals surface area contributed by atoms with Crippen molar-refractivity contribution < 1.29 is 9.47 Å². The second kappa shape index (κ2) is 6.79. The number of nitrogens with one attached hydrogen (secondary N) is 1. The van der Waals surface area contributed by atoms with Crippen LogP contribution in [0.5, 0.6) is 11.5 Å². The van der Waals surface area contributed by atoms with E-state index in [0.717, 1.165) is 41.3 Å². The number of thiocarbonyl (C=S) groups is 1. The van der Waals surface area contributed by atoms with Gasteiger partial charge in [0.25, 0.3) is 0 Å². The van der Waals surface area contributed by atoms with E-state index >= 15 is 0 Å². The standard InChI is InChI=1S/C15H22N2O2S/c1-11-6-8-17(9-7-11)15(20)16-13-5-4-12(18-2)10-14(13)19-3/h4-5,10-11H,6-9H2,1-3H3,(H,16,20). The second-order valence-electron chi connectivity index (χ2n) is 5.17. The second-order valence-corrected chi connectivity index (χ2v) is 5.55. The van der Waals surface area contributed by atoms with E-state index in [0.29, 0.717) is 0 Å². The van der Waals surface area contributed by atoms with Gasteiger partial charge < -0.3 is 19.7 Å². The van der Waals surface area contributed by atoms with Crippen LogP contribution in [0.1, 0.15) is 19.8 Å². The molecule has 1 aromatic rings. The van der Waals surface area contributed by atoms with Crippen LogP contribution in [0.3, 0.4) is 0 Å². The molecule has 1 aliphatic rings. The molecule has 0 spiro atoms. The number of ether oxygens (including phenoxy) is 2.